The third-order valence-electron chi connectivity index (χ3n) is 3.28. The quantitative estimate of drug-likeness (QED) is 0.662. The van der Waals surface area contributed by atoms with E-state index in [0.717, 1.165) is 29.6 Å². The Morgan fingerprint density at radius 3 is 2.52 bits per heavy atom. The van der Waals surface area contributed by atoms with Gasteiger partial charge in [0, 0.05) is 31.0 Å². The highest BCUT2D eigenvalue weighted by Gasteiger charge is 2.29. The number of anilines is 2. The van der Waals surface area contributed by atoms with E-state index in [9.17, 15) is 9.59 Å². The van der Waals surface area contributed by atoms with Crippen LogP contribution in [0.15, 0.2) is 0 Å². The number of hydrogen-bond acceptors (Lipinski definition) is 7. The van der Waals surface area contributed by atoms with Crippen LogP contribution in [0.3, 0.4) is 0 Å². The molecule has 1 aliphatic heterocycles. The van der Waals surface area contributed by atoms with Crippen LogP contribution in [0.25, 0.3) is 0 Å². The number of thioether (sulfide) groups is 1. The van der Waals surface area contributed by atoms with Crippen LogP contribution < -0.4 is 10.6 Å². The van der Waals surface area contributed by atoms with Gasteiger partial charge in [0.25, 0.3) is 0 Å². The lowest BCUT2D eigenvalue weighted by molar-refractivity contribution is 0.0529. The third-order valence-corrected chi connectivity index (χ3v) is 5.53. The zero-order chi connectivity index (χ0) is 15.4. The van der Waals surface area contributed by atoms with Crippen molar-refractivity contribution in [3.8, 4) is 0 Å². The Bertz CT molecular complexity index is 537. The van der Waals surface area contributed by atoms with Crippen molar-refractivity contribution in [2.24, 2.45) is 0 Å². The average Bonchev–Trinajstić information content (AvgIpc) is 2.85. The molecule has 1 saturated heterocycles. The molecular weight excluding hydrogens is 308 g/mol. The van der Waals surface area contributed by atoms with E-state index in [2.05, 4.69) is 4.90 Å². The first kappa shape index (κ1) is 16.2. The fraction of sp³-hybridized carbons (Fsp3) is 0.571. The second-order valence-corrected chi connectivity index (χ2v) is 6.85. The van der Waals surface area contributed by atoms with Crippen molar-refractivity contribution < 1.29 is 14.3 Å². The van der Waals surface area contributed by atoms with E-state index in [1.54, 1.807) is 13.8 Å². The number of Topliss-reactive ketones (excluding diaryl/α,β-unsaturated/α-hetero) is 1. The third kappa shape index (κ3) is 3.35. The first-order valence-corrected chi connectivity index (χ1v) is 9.02. The summed E-state index contributed by atoms with van der Waals surface area (Å²) in [7, 11) is 0. The molecule has 0 bridgehead atoms. The predicted octanol–water partition coefficient (Wildman–Crippen LogP) is 2.65. The molecule has 7 heteroatoms. The lowest BCUT2D eigenvalue weighted by Crippen LogP contribution is -2.33. The number of hydrogen-bond donors (Lipinski definition) is 1. The summed E-state index contributed by atoms with van der Waals surface area (Å²) in [6.45, 7) is 5.56. The van der Waals surface area contributed by atoms with E-state index in [1.807, 2.05) is 11.8 Å². The summed E-state index contributed by atoms with van der Waals surface area (Å²) in [5.74, 6) is 1.56. The molecule has 116 valence electrons. The van der Waals surface area contributed by atoms with Crippen molar-refractivity contribution in [3.05, 3.63) is 10.4 Å². The van der Waals surface area contributed by atoms with Gasteiger partial charge >= 0.3 is 5.97 Å². The standard InChI is InChI=1S/C14H20N2O3S2/c1-3-9(17)12-11(15)10(14(18)19-4-2)13(21-12)16-5-7-20-8-6-16/h3-8,15H2,1-2H3. The smallest absolute Gasteiger partial charge is 0.343 e. The minimum absolute atomic E-state index is 0.0271. The fourth-order valence-electron chi connectivity index (χ4n) is 2.19. The van der Waals surface area contributed by atoms with Gasteiger partial charge < -0.3 is 15.4 Å². The molecule has 5 nitrogen and oxygen atoms in total. The van der Waals surface area contributed by atoms with Crippen LogP contribution >= 0.6 is 23.1 Å². The number of esters is 1. The van der Waals surface area contributed by atoms with Crippen molar-refractivity contribution in [2.45, 2.75) is 20.3 Å². The van der Waals surface area contributed by atoms with Gasteiger partial charge in [-0.3, -0.25) is 4.79 Å². The topological polar surface area (TPSA) is 72.6 Å². The summed E-state index contributed by atoms with van der Waals surface area (Å²) < 4.78 is 5.11. The SMILES string of the molecule is CCOC(=O)c1c(N2CCSCC2)sc(C(=O)CC)c1N. The maximum absolute atomic E-state index is 12.2. The molecule has 0 aliphatic carbocycles. The summed E-state index contributed by atoms with van der Waals surface area (Å²) >= 11 is 3.21. The van der Waals surface area contributed by atoms with Gasteiger partial charge in [-0.05, 0) is 6.92 Å². The number of rotatable bonds is 5. The van der Waals surface area contributed by atoms with Crippen molar-refractivity contribution in [1.82, 2.24) is 0 Å². The molecule has 2 N–H and O–H groups in total. The highest BCUT2D eigenvalue weighted by Crippen LogP contribution is 2.40. The molecule has 2 heterocycles. The van der Waals surface area contributed by atoms with Gasteiger partial charge in [-0.1, -0.05) is 6.92 Å². The number of carbonyl (C=O) groups excluding carboxylic acids is 2. The van der Waals surface area contributed by atoms with Crippen LogP contribution in [0.4, 0.5) is 10.7 Å². The molecule has 1 aliphatic rings. The number of nitrogens with two attached hydrogens (primary N) is 1. The number of nitrogen functional groups attached to an aromatic ring is 1. The van der Waals surface area contributed by atoms with E-state index in [0.29, 0.717) is 23.5 Å². The maximum atomic E-state index is 12.2. The average molecular weight is 328 g/mol. The second kappa shape index (κ2) is 7.17. The van der Waals surface area contributed by atoms with Crippen molar-refractivity contribution in [2.75, 3.05) is 41.8 Å². The number of ether oxygens (including phenoxy) is 1. The van der Waals surface area contributed by atoms with Gasteiger partial charge in [0.05, 0.1) is 17.2 Å². The Morgan fingerprint density at radius 1 is 1.29 bits per heavy atom. The van der Waals surface area contributed by atoms with Crippen LogP contribution in [0, 0.1) is 0 Å². The summed E-state index contributed by atoms with van der Waals surface area (Å²) in [6, 6.07) is 0. The Kier molecular flexibility index (Phi) is 5.52. The first-order valence-electron chi connectivity index (χ1n) is 7.05. The van der Waals surface area contributed by atoms with Crippen LogP contribution in [0.5, 0.6) is 0 Å². The number of carbonyl (C=O) groups is 2. The van der Waals surface area contributed by atoms with Gasteiger partial charge in [-0.2, -0.15) is 11.8 Å². The van der Waals surface area contributed by atoms with Gasteiger partial charge in [-0.15, -0.1) is 11.3 Å². The highest BCUT2D eigenvalue weighted by molar-refractivity contribution is 7.99. The zero-order valence-electron chi connectivity index (χ0n) is 12.3. The summed E-state index contributed by atoms with van der Waals surface area (Å²) in [5, 5.41) is 0.781. The Labute approximate surface area is 132 Å². The Hall–Kier alpha value is -1.21. The molecule has 0 saturated carbocycles. The normalized spacial score (nSPS) is 15.0. The molecule has 0 spiro atoms. The molecule has 0 atom stereocenters. The van der Waals surface area contributed by atoms with Crippen molar-refractivity contribution in [3.63, 3.8) is 0 Å². The van der Waals surface area contributed by atoms with Crippen LogP contribution in [0.2, 0.25) is 0 Å². The lowest BCUT2D eigenvalue weighted by atomic mass is 10.1. The molecule has 2 rings (SSSR count). The fourth-order valence-corrected chi connectivity index (χ4v) is 4.36. The van der Waals surface area contributed by atoms with E-state index in [4.69, 9.17) is 10.5 Å². The monoisotopic (exact) mass is 328 g/mol. The van der Waals surface area contributed by atoms with E-state index >= 15 is 0 Å². The van der Waals surface area contributed by atoms with E-state index in [-0.39, 0.29) is 11.5 Å². The van der Waals surface area contributed by atoms with Crippen molar-refractivity contribution in [1.29, 1.82) is 0 Å². The lowest BCUT2D eigenvalue weighted by Gasteiger charge is -2.27. The zero-order valence-corrected chi connectivity index (χ0v) is 13.9. The first-order chi connectivity index (χ1) is 10.1. The van der Waals surface area contributed by atoms with E-state index in [1.165, 1.54) is 11.3 Å². The van der Waals surface area contributed by atoms with Gasteiger partial charge in [0.2, 0.25) is 0 Å². The molecule has 1 aromatic heterocycles. The summed E-state index contributed by atoms with van der Waals surface area (Å²) in [4.78, 5) is 26.8. The molecule has 1 aromatic rings. The molecule has 0 radical (unpaired) electrons. The molecule has 21 heavy (non-hydrogen) atoms. The minimum atomic E-state index is -0.436. The van der Waals surface area contributed by atoms with Gasteiger partial charge in [0.1, 0.15) is 10.6 Å². The van der Waals surface area contributed by atoms with Gasteiger partial charge in [0.15, 0.2) is 5.78 Å². The Balaban J connectivity index is 2.45. The molecular formula is C14H20N2O3S2. The summed E-state index contributed by atoms with van der Waals surface area (Å²) in [5.41, 5.74) is 6.72. The highest BCUT2D eigenvalue weighted by atomic mass is 32.2. The van der Waals surface area contributed by atoms with E-state index < -0.39 is 5.97 Å². The number of nitrogens with zero attached hydrogens (tertiary/aromatic N) is 1. The van der Waals surface area contributed by atoms with Crippen LogP contribution in [-0.2, 0) is 4.74 Å². The maximum Gasteiger partial charge on any atom is 0.343 e. The van der Waals surface area contributed by atoms with Crippen LogP contribution in [0.1, 0.15) is 40.3 Å². The molecule has 0 aromatic carbocycles. The summed E-state index contributed by atoms with van der Waals surface area (Å²) in [6.07, 6.45) is 0.377. The Morgan fingerprint density at radius 2 is 1.95 bits per heavy atom. The molecule has 0 amide bonds. The predicted molar refractivity (Wildman–Crippen MR) is 88.8 cm³/mol. The molecule has 0 unspecified atom stereocenters. The second-order valence-electron chi connectivity index (χ2n) is 4.62. The van der Waals surface area contributed by atoms with Crippen LogP contribution in [-0.4, -0.2) is 43.0 Å². The molecule has 1 fully saturated rings. The van der Waals surface area contributed by atoms with Crippen molar-refractivity contribution >= 4 is 45.5 Å². The number of ketones is 1. The number of thiophene rings is 1. The minimum Gasteiger partial charge on any atom is -0.462 e. The largest absolute Gasteiger partial charge is 0.462 e. The van der Waals surface area contributed by atoms with Gasteiger partial charge in [-0.25, -0.2) is 4.79 Å².